The highest BCUT2D eigenvalue weighted by Gasteiger charge is 2.41. The molecule has 0 amide bonds. The van der Waals surface area contributed by atoms with Gasteiger partial charge >= 0.3 is 6.18 Å². The van der Waals surface area contributed by atoms with Crippen molar-refractivity contribution in [2.75, 3.05) is 4.72 Å². The van der Waals surface area contributed by atoms with Crippen LogP contribution in [0, 0.1) is 0 Å². The Kier molecular flexibility index (Phi) is 3.90. The van der Waals surface area contributed by atoms with Crippen molar-refractivity contribution < 1.29 is 21.6 Å². The van der Waals surface area contributed by atoms with Gasteiger partial charge in [-0.2, -0.15) is 33.0 Å². The predicted molar refractivity (Wildman–Crippen MR) is 76.0 cm³/mol. The molecule has 0 atom stereocenters. The van der Waals surface area contributed by atoms with Gasteiger partial charge in [-0.1, -0.05) is 0 Å². The summed E-state index contributed by atoms with van der Waals surface area (Å²) in [6, 6.07) is 1.52. The number of hydrogen-bond donors (Lipinski definition) is 1. The van der Waals surface area contributed by atoms with E-state index in [1.165, 1.54) is 25.5 Å². The molecular formula is C11H9F3N8O2S. The van der Waals surface area contributed by atoms with Gasteiger partial charge in [0.25, 0.3) is 16.0 Å². The summed E-state index contributed by atoms with van der Waals surface area (Å²) in [6.07, 6.45) is -0.440. The molecule has 10 nitrogen and oxygen atoms in total. The lowest BCUT2D eigenvalue weighted by atomic mass is 10.4. The number of anilines is 1. The van der Waals surface area contributed by atoms with Gasteiger partial charge in [0, 0.05) is 25.6 Å². The minimum absolute atomic E-state index is 0.0140. The van der Waals surface area contributed by atoms with E-state index in [4.69, 9.17) is 0 Å². The summed E-state index contributed by atoms with van der Waals surface area (Å²) in [7, 11) is -3.46. The molecule has 132 valence electrons. The Morgan fingerprint density at radius 1 is 1.16 bits per heavy atom. The molecular weight excluding hydrogens is 365 g/mol. The van der Waals surface area contributed by atoms with Crippen LogP contribution in [0.25, 0.3) is 5.95 Å². The monoisotopic (exact) mass is 374 g/mol. The molecule has 0 saturated heterocycles. The lowest BCUT2D eigenvalue weighted by Crippen LogP contribution is -2.20. The van der Waals surface area contributed by atoms with Gasteiger partial charge < -0.3 is 0 Å². The Morgan fingerprint density at radius 3 is 2.48 bits per heavy atom. The van der Waals surface area contributed by atoms with Crippen molar-refractivity contribution in [2.24, 2.45) is 7.05 Å². The summed E-state index contributed by atoms with van der Waals surface area (Å²) in [5.74, 6) is -0.386. The molecule has 0 aliphatic carbocycles. The number of nitrogens with zero attached hydrogens (tertiary/aromatic N) is 7. The SMILES string of the molecule is Cn1cc(S(=O)(=O)Nc2ncnn2-c2ncccn2)c(C(F)(F)F)n1. The highest BCUT2D eigenvalue weighted by Crippen LogP contribution is 2.33. The van der Waals surface area contributed by atoms with Gasteiger partial charge in [-0.3, -0.25) is 4.68 Å². The van der Waals surface area contributed by atoms with Gasteiger partial charge in [0.1, 0.15) is 11.2 Å². The largest absolute Gasteiger partial charge is 0.436 e. The first kappa shape index (κ1) is 16.8. The number of rotatable bonds is 4. The van der Waals surface area contributed by atoms with Crippen molar-refractivity contribution in [3.05, 3.63) is 36.7 Å². The molecule has 0 aliphatic heterocycles. The Labute approximate surface area is 138 Å². The van der Waals surface area contributed by atoms with Gasteiger partial charge in [0.2, 0.25) is 5.95 Å². The van der Waals surface area contributed by atoms with Crippen LogP contribution in [-0.4, -0.2) is 42.9 Å². The standard InChI is InChI=1S/C11H9F3N8O2S/c1-21-5-7(8(19-21)11(12,13)14)25(23,24)20-10-17-6-18-22(10)9-15-3-2-4-16-9/h2-6H,1H3,(H,17,18,20). The molecule has 3 aromatic heterocycles. The number of halogens is 3. The van der Waals surface area contributed by atoms with E-state index in [1.54, 1.807) is 0 Å². The Hall–Kier alpha value is -3.03. The lowest BCUT2D eigenvalue weighted by molar-refractivity contribution is -0.143. The van der Waals surface area contributed by atoms with Crippen molar-refractivity contribution in [1.29, 1.82) is 0 Å². The smallest absolute Gasteiger partial charge is 0.274 e. The quantitative estimate of drug-likeness (QED) is 0.710. The Bertz CT molecular complexity index is 996. The van der Waals surface area contributed by atoms with E-state index in [-0.39, 0.29) is 11.9 Å². The fraction of sp³-hybridized carbons (Fsp3) is 0.182. The summed E-state index contributed by atoms with van der Waals surface area (Å²) in [4.78, 5) is 10.4. The summed E-state index contributed by atoms with van der Waals surface area (Å²) in [5.41, 5.74) is -1.54. The first-order valence-electron chi connectivity index (χ1n) is 6.49. The maximum atomic E-state index is 13.0. The summed E-state index contributed by atoms with van der Waals surface area (Å²) < 4.78 is 67.4. The molecule has 25 heavy (non-hydrogen) atoms. The van der Waals surface area contributed by atoms with Crippen LogP contribution in [0.15, 0.2) is 35.9 Å². The van der Waals surface area contributed by atoms with Crippen LogP contribution >= 0.6 is 0 Å². The van der Waals surface area contributed by atoms with E-state index >= 15 is 0 Å². The number of hydrogen-bond acceptors (Lipinski definition) is 7. The fourth-order valence-corrected chi connectivity index (χ4v) is 3.08. The molecule has 0 radical (unpaired) electrons. The Morgan fingerprint density at radius 2 is 1.84 bits per heavy atom. The third-order valence-corrected chi connectivity index (χ3v) is 4.20. The fourth-order valence-electron chi connectivity index (χ4n) is 1.89. The van der Waals surface area contributed by atoms with Crippen LogP contribution in [0.4, 0.5) is 19.1 Å². The zero-order chi connectivity index (χ0) is 18.2. The second-order valence-electron chi connectivity index (χ2n) is 4.66. The molecule has 0 bridgehead atoms. The van der Waals surface area contributed by atoms with Crippen LogP contribution < -0.4 is 4.72 Å². The molecule has 14 heteroatoms. The summed E-state index contributed by atoms with van der Waals surface area (Å²) in [5, 5.41) is 6.91. The number of aromatic nitrogens is 7. The second-order valence-corrected chi connectivity index (χ2v) is 6.31. The van der Waals surface area contributed by atoms with E-state index < -0.39 is 26.8 Å². The van der Waals surface area contributed by atoms with Crippen LogP contribution in [0.5, 0.6) is 0 Å². The summed E-state index contributed by atoms with van der Waals surface area (Å²) >= 11 is 0. The van der Waals surface area contributed by atoms with Crippen LogP contribution in [0.2, 0.25) is 0 Å². The molecule has 3 rings (SSSR count). The molecule has 0 aliphatic rings. The van der Waals surface area contributed by atoms with E-state index in [9.17, 15) is 21.6 Å². The number of nitrogens with one attached hydrogen (secondary N) is 1. The number of aryl methyl sites for hydroxylation is 1. The van der Waals surface area contributed by atoms with E-state index in [0.29, 0.717) is 0 Å². The Balaban J connectivity index is 2.01. The van der Waals surface area contributed by atoms with Crippen molar-refractivity contribution >= 4 is 16.0 Å². The second kappa shape index (κ2) is 5.80. The average molecular weight is 374 g/mol. The first-order chi connectivity index (χ1) is 11.7. The number of alkyl halides is 3. The first-order valence-corrected chi connectivity index (χ1v) is 7.98. The zero-order valence-corrected chi connectivity index (χ0v) is 13.2. The normalized spacial score (nSPS) is 12.3. The van der Waals surface area contributed by atoms with Crippen molar-refractivity contribution in [3.8, 4) is 5.95 Å². The predicted octanol–water partition coefficient (Wildman–Crippen LogP) is 0.610. The minimum atomic E-state index is -4.94. The van der Waals surface area contributed by atoms with Gasteiger partial charge in [0.05, 0.1) is 0 Å². The van der Waals surface area contributed by atoms with Crippen molar-refractivity contribution in [1.82, 2.24) is 34.5 Å². The number of sulfonamides is 1. The summed E-state index contributed by atoms with van der Waals surface area (Å²) in [6.45, 7) is 0. The molecule has 0 saturated carbocycles. The van der Waals surface area contributed by atoms with Crippen LogP contribution in [0.3, 0.4) is 0 Å². The molecule has 0 unspecified atom stereocenters. The van der Waals surface area contributed by atoms with Gasteiger partial charge in [-0.05, 0) is 6.07 Å². The van der Waals surface area contributed by atoms with E-state index in [2.05, 4.69) is 25.1 Å². The molecule has 0 spiro atoms. The molecule has 3 aromatic rings. The van der Waals surface area contributed by atoms with Crippen molar-refractivity contribution in [2.45, 2.75) is 11.1 Å². The maximum absolute atomic E-state index is 13.0. The molecule has 0 fully saturated rings. The van der Waals surface area contributed by atoms with Crippen LogP contribution in [-0.2, 0) is 23.2 Å². The topological polar surface area (TPSA) is 120 Å². The lowest BCUT2D eigenvalue weighted by Gasteiger charge is -2.09. The molecule has 0 aromatic carbocycles. The highest BCUT2D eigenvalue weighted by atomic mass is 32.2. The van der Waals surface area contributed by atoms with Gasteiger partial charge in [0.15, 0.2) is 5.69 Å². The van der Waals surface area contributed by atoms with Gasteiger partial charge in [-0.25, -0.2) is 23.1 Å². The third-order valence-electron chi connectivity index (χ3n) is 2.87. The van der Waals surface area contributed by atoms with E-state index in [1.807, 2.05) is 4.72 Å². The molecule has 3 heterocycles. The minimum Gasteiger partial charge on any atom is -0.274 e. The third kappa shape index (κ3) is 3.28. The average Bonchev–Trinajstić information content (AvgIpc) is 3.14. The maximum Gasteiger partial charge on any atom is 0.436 e. The van der Waals surface area contributed by atoms with Crippen LogP contribution in [0.1, 0.15) is 5.69 Å². The van der Waals surface area contributed by atoms with Gasteiger partial charge in [-0.15, -0.1) is 0 Å². The zero-order valence-electron chi connectivity index (χ0n) is 12.4. The highest BCUT2D eigenvalue weighted by molar-refractivity contribution is 7.92. The van der Waals surface area contributed by atoms with Crippen molar-refractivity contribution in [3.63, 3.8) is 0 Å². The molecule has 1 N–H and O–H groups in total. The van der Waals surface area contributed by atoms with E-state index in [0.717, 1.165) is 21.9 Å².